The minimum Gasteiger partial charge on any atom is -0.502 e. The van der Waals surface area contributed by atoms with E-state index >= 15 is 0 Å². The van der Waals surface area contributed by atoms with Crippen molar-refractivity contribution in [2.75, 3.05) is 14.2 Å². The fourth-order valence-electron chi connectivity index (χ4n) is 1.94. The molecule has 2 rings (SSSR count). The summed E-state index contributed by atoms with van der Waals surface area (Å²) in [6.45, 7) is 2.68. The standard InChI is InChI=1S/C14H19N3O3/c1-9(11-7-16-17-8-11)15-6-10-4-12(19-2)14(18)13(5-10)20-3/h4-5,7-9,15,18H,6H2,1-3H3,(H,16,17). The monoisotopic (exact) mass is 277 g/mol. The van der Waals surface area contributed by atoms with Gasteiger partial charge < -0.3 is 19.9 Å². The van der Waals surface area contributed by atoms with E-state index in [9.17, 15) is 5.11 Å². The zero-order valence-corrected chi connectivity index (χ0v) is 11.8. The summed E-state index contributed by atoms with van der Waals surface area (Å²) in [5, 5.41) is 19.9. The molecule has 2 aromatic rings. The molecule has 0 bridgehead atoms. The Labute approximate surface area is 117 Å². The van der Waals surface area contributed by atoms with Crippen LogP contribution in [-0.4, -0.2) is 29.5 Å². The van der Waals surface area contributed by atoms with Crippen LogP contribution in [0.25, 0.3) is 0 Å². The predicted octanol–water partition coefficient (Wildman–Crippen LogP) is 1.98. The van der Waals surface area contributed by atoms with Crippen molar-refractivity contribution in [3.05, 3.63) is 35.7 Å². The molecule has 1 aromatic carbocycles. The quantitative estimate of drug-likeness (QED) is 0.752. The summed E-state index contributed by atoms with van der Waals surface area (Å²) in [6, 6.07) is 3.74. The first-order valence-electron chi connectivity index (χ1n) is 6.31. The van der Waals surface area contributed by atoms with Gasteiger partial charge in [0.05, 0.1) is 20.4 Å². The van der Waals surface area contributed by atoms with Gasteiger partial charge in [0.1, 0.15) is 0 Å². The third kappa shape index (κ3) is 3.03. The van der Waals surface area contributed by atoms with Crippen LogP contribution in [0.4, 0.5) is 0 Å². The van der Waals surface area contributed by atoms with Crippen molar-refractivity contribution >= 4 is 0 Å². The molecule has 0 fully saturated rings. The van der Waals surface area contributed by atoms with Gasteiger partial charge in [0.2, 0.25) is 5.75 Å². The highest BCUT2D eigenvalue weighted by Gasteiger charge is 2.12. The number of phenols is 1. The topological polar surface area (TPSA) is 79.4 Å². The van der Waals surface area contributed by atoms with E-state index in [1.165, 1.54) is 14.2 Å². The number of nitrogens with zero attached hydrogens (tertiary/aromatic N) is 1. The van der Waals surface area contributed by atoms with E-state index < -0.39 is 0 Å². The number of phenolic OH excluding ortho intramolecular Hbond substituents is 1. The Morgan fingerprint density at radius 3 is 2.45 bits per heavy atom. The highest BCUT2D eigenvalue weighted by atomic mass is 16.5. The van der Waals surface area contributed by atoms with Gasteiger partial charge in [-0.05, 0) is 24.6 Å². The first kappa shape index (κ1) is 14.2. The van der Waals surface area contributed by atoms with Crippen molar-refractivity contribution in [1.29, 1.82) is 0 Å². The van der Waals surface area contributed by atoms with E-state index in [1.54, 1.807) is 18.3 Å². The van der Waals surface area contributed by atoms with Crippen LogP contribution < -0.4 is 14.8 Å². The molecule has 1 unspecified atom stereocenters. The molecule has 20 heavy (non-hydrogen) atoms. The number of benzene rings is 1. The second kappa shape index (κ2) is 6.29. The minimum absolute atomic E-state index is 0.0154. The lowest BCUT2D eigenvalue weighted by molar-refractivity contribution is 0.339. The summed E-state index contributed by atoms with van der Waals surface area (Å²) in [5.74, 6) is 0.816. The summed E-state index contributed by atoms with van der Waals surface area (Å²) < 4.78 is 10.3. The maximum Gasteiger partial charge on any atom is 0.200 e. The van der Waals surface area contributed by atoms with Gasteiger partial charge >= 0.3 is 0 Å². The number of aromatic amines is 1. The number of aromatic nitrogens is 2. The van der Waals surface area contributed by atoms with Crippen LogP contribution in [0.15, 0.2) is 24.5 Å². The summed E-state index contributed by atoms with van der Waals surface area (Å²) in [6.07, 6.45) is 3.64. The third-order valence-electron chi connectivity index (χ3n) is 3.17. The van der Waals surface area contributed by atoms with E-state index in [1.807, 2.05) is 6.20 Å². The summed E-state index contributed by atoms with van der Waals surface area (Å²) in [5.41, 5.74) is 2.05. The number of aromatic hydroxyl groups is 1. The molecule has 0 aliphatic rings. The van der Waals surface area contributed by atoms with Crippen molar-refractivity contribution in [2.24, 2.45) is 0 Å². The highest BCUT2D eigenvalue weighted by molar-refractivity contribution is 5.52. The average molecular weight is 277 g/mol. The second-order valence-electron chi connectivity index (χ2n) is 4.48. The Kier molecular flexibility index (Phi) is 4.47. The molecule has 0 saturated carbocycles. The summed E-state index contributed by atoms with van der Waals surface area (Å²) in [4.78, 5) is 0. The van der Waals surface area contributed by atoms with Crippen molar-refractivity contribution < 1.29 is 14.6 Å². The number of rotatable bonds is 6. The van der Waals surface area contributed by atoms with Crippen LogP contribution in [0.1, 0.15) is 24.1 Å². The number of hydrogen-bond donors (Lipinski definition) is 3. The number of H-pyrrole nitrogens is 1. The molecule has 108 valence electrons. The zero-order chi connectivity index (χ0) is 14.5. The molecule has 1 atom stereocenters. The van der Waals surface area contributed by atoms with Crippen LogP contribution in [0.3, 0.4) is 0 Å². The lowest BCUT2D eigenvalue weighted by atomic mass is 10.1. The number of hydrogen-bond acceptors (Lipinski definition) is 5. The molecule has 1 heterocycles. The van der Waals surface area contributed by atoms with Crippen LogP contribution in [-0.2, 0) is 6.54 Å². The molecular formula is C14H19N3O3. The van der Waals surface area contributed by atoms with Crippen LogP contribution >= 0.6 is 0 Å². The highest BCUT2D eigenvalue weighted by Crippen LogP contribution is 2.37. The SMILES string of the molecule is COc1cc(CNC(C)c2cn[nH]c2)cc(OC)c1O. The predicted molar refractivity (Wildman–Crippen MR) is 75.1 cm³/mol. The molecule has 1 aromatic heterocycles. The lowest BCUT2D eigenvalue weighted by Gasteiger charge is -2.14. The van der Waals surface area contributed by atoms with Gasteiger partial charge in [-0.3, -0.25) is 5.10 Å². The maximum absolute atomic E-state index is 9.86. The third-order valence-corrected chi connectivity index (χ3v) is 3.17. The Morgan fingerprint density at radius 2 is 1.95 bits per heavy atom. The van der Waals surface area contributed by atoms with Gasteiger partial charge in [-0.15, -0.1) is 0 Å². The number of nitrogens with one attached hydrogen (secondary N) is 2. The van der Waals surface area contributed by atoms with Crippen molar-refractivity contribution in [2.45, 2.75) is 19.5 Å². The fraction of sp³-hybridized carbons (Fsp3) is 0.357. The van der Waals surface area contributed by atoms with Crippen molar-refractivity contribution in [1.82, 2.24) is 15.5 Å². The molecule has 0 aliphatic carbocycles. The van der Waals surface area contributed by atoms with Gasteiger partial charge in [0.15, 0.2) is 11.5 Å². The van der Waals surface area contributed by atoms with E-state index in [2.05, 4.69) is 22.4 Å². The minimum atomic E-state index is 0.0154. The Bertz CT molecular complexity index is 530. The van der Waals surface area contributed by atoms with E-state index in [0.29, 0.717) is 18.0 Å². The molecule has 0 aliphatic heterocycles. The molecule has 6 nitrogen and oxygen atoms in total. The van der Waals surface area contributed by atoms with E-state index in [4.69, 9.17) is 9.47 Å². The molecule has 0 spiro atoms. The van der Waals surface area contributed by atoms with Crippen LogP contribution in [0, 0.1) is 0 Å². The van der Waals surface area contributed by atoms with Gasteiger partial charge in [0.25, 0.3) is 0 Å². The van der Waals surface area contributed by atoms with Crippen molar-refractivity contribution in [3.8, 4) is 17.2 Å². The van der Waals surface area contributed by atoms with Crippen LogP contribution in [0.5, 0.6) is 17.2 Å². The zero-order valence-electron chi connectivity index (χ0n) is 11.8. The molecular weight excluding hydrogens is 258 g/mol. The van der Waals surface area contributed by atoms with Gasteiger partial charge in [0, 0.05) is 24.3 Å². The fourth-order valence-corrected chi connectivity index (χ4v) is 1.94. The Balaban J connectivity index is 2.09. The normalized spacial score (nSPS) is 12.2. The van der Waals surface area contributed by atoms with E-state index in [0.717, 1.165) is 11.1 Å². The Morgan fingerprint density at radius 1 is 1.30 bits per heavy atom. The van der Waals surface area contributed by atoms with Gasteiger partial charge in [-0.25, -0.2) is 0 Å². The first-order chi connectivity index (χ1) is 9.65. The molecule has 0 amide bonds. The van der Waals surface area contributed by atoms with Gasteiger partial charge in [-0.1, -0.05) is 0 Å². The largest absolute Gasteiger partial charge is 0.502 e. The number of methoxy groups -OCH3 is 2. The molecule has 6 heteroatoms. The van der Waals surface area contributed by atoms with Crippen LogP contribution in [0.2, 0.25) is 0 Å². The van der Waals surface area contributed by atoms with Crippen molar-refractivity contribution in [3.63, 3.8) is 0 Å². The second-order valence-corrected chi connectivity index (χ2v) is 4.48. The molecule has 0 radical (unpaired) electrons. The average Bonchev–Trinajstić information content (AvgIpc) is 3.00. The smallest absolute Gasteiger partial charge is 0.200 e. The Hall–Kier alpha value is -2.21. The first-order valence-corrected chi connectivity index (χ1v) is 6.31. The lowest BCUT2D eigenvalue weighted by Crippen LogP contribution is -2.17. The molecule has 3 N–H and O–H groups in total. The summed E-state index contributed by atoms with van der Waals surface area (Å²) in [7, 11) is 3.03. The molecule has 0 saturated heterocycles. The van der Waals surface area contributed by atoms with E-state index in [-0.39, 0.29) is 11.8 Å². The van der Waals surface area contributed by atoms with Gasteiger partial charge in [-0.2, -0.15) is 5.10 Å². The number of ether oxygens (including phenoxy) is 2. The summed E-state index contributed by atoms with van der Waals surface area (Å²) >= 11 is 0. The maximum atomic E-state index is 9.86.